The van der Waals surface area contributed by atoms with Crippen LogP contribution in [0.1, 0.15) is 11.1 Å². The average Bonchev–Trinajstić information content (AvgIpc) is 3.07. The van der Waals surface area contributed by atoms with Crippen LogP contribution in [0, 0.1) is 13.8 Å². The fraction of sp³-hybridized carbons (Fsp3) is 0.182. The van der Waals surface area contributed by atoms with Crippen molar-refractivity contribution in [2.75, 3.05) is 5.32 Å². The van der Waals surface area contributed by atoms with Crippen molar-refractivity contribution in [3.05, 3.63) is 79.5 Å². The molecule has 0 amide bonds. The van der Waals surface area contributed by atoms with E-state index in [1.165, 1.54) is 11.6 Å². The number of aromatic nitrogens is 2. The Labute approximate surface area is 172 Å². The maximum absolute atomic E-state index is 13.0. The van der Waals surface area contributed by atoms with Crippen LogP contribution in [0.5, 0.6) is 0 Å². The first-order chi connectivity index (χ1) is 13.8. The van der Waals surface area contributed by atoms with Gasteiger partial charge in [-0.2, -0.15) is 0 Å². The van der Waals surface area contributed by atoms with E-state index in [1.54, 1.807) is 19.2 Å². The molecule has 0 unspecified atom stereocenters. The van der Waals surface area contributed by atoms with Crippen molar-refractivity contribution in [3.8, 4) is 11.1 Å². The van der Waals surface area contributed by atoms with Gasteiger partial charge in [0.2, 0.25) is 11.6 Å². The largest absolute Gasteiger partial charge is 0.423 e. The van der Waals surface area contributed by atoms with Gasteiger partial charge in [-0.3, -0.25) is 13.9 Å². The molecular weight excluding hydrogens is 390 g/mol. The predicted octanol–water partition coefficient (Wildman–Crippen LogP) is 4.51. The van der Waals surface area contributed by atoms with Crippen LogP contribution in [0.4, 0.5) is 11.6 Å². The minimum absolute atomic E-state index is 0.218. The predicted molar refractivity (Wildman–Crippen MR) is 116 cm³/mol. The molecule has 2 aromatic heterocycles. The second-order valence-corrected chi connectivity index (χ2v) is 7.58. The van der Waals surface area contributed by atoms with E-state index in [0.717, 1.165) is 26.9 Å². The van der Waals surface area contributed by atoms with Gasteiger partial charge in [0.1, 0.15) is 5.39 Å². The quantitative estimate of drug-likeness (QED) is 0.540. The Hall–Kier alpha value is -3.25. The van der Waals surface area contributed by atoms with Gasteiger partial charge >= 0.3 is 5.69 Å². The van der Waals surface area contributed by atoms with E-state index in [4.69, 9.17) is 16.0 Å². The first-order valence-electron chi connectivity index (χ1n) is 9.10. The molecule has 0 saturated carbocycles. The Morgan fingerprint density at radius 2 is 1.66 bits per heavy atom. The van der Waals surface area contributed by atoms with Crippen molar-refractivity contribution in [2.45, 2.75) is 13.8 Å². The summed E-state index contributed by atoms with van der Waals surface area (Å²) in [6.45, 7) is 4.02. The summed E-state index contributed by atoms with van der Waals surface area (Å²) >= 11 is 6.05. The topological polar surface area (TPSA) is 69.2 Å². The molecule has 0 aliphatic heterocycles. The van der Waals surface area contributed by atoms with E-state index < -0.39 is 11.2 Å². The molecule has 0 saturated heterocycles. The van der Waals surface area contributed by atoms with Crippen molar-refractivity contribution in [1.29, 1.82) is 0 Å². The van der Waals surface area contributed by atoms with Crippen LogP contribution in [0.2, 0.25) is 5.02 Å². The smallest absolute Gasteiger partial charge is 0.333 e. The highest BCUT2D eigenvalue weighted by Crippen LogP contribution is 2.38. The van der Waals surface area contributed by atoms with E-state index in [1.807, 2.05) is 38.1 Å². The molecule has 0 spiro atoms. The summed E-state index contributed by atoms with van der Waals surface area (Å²) in [7, 11) is 3.04. The van der Waals surface area contributed by atoms with Crippen molar-refractivity contribution >= 4 is 34.3 Å². The highest BCUT2D eigenvalue weighted by molar-refractivity contribution is 6.30. The summed E-state index contributed by atoms with van der Waals surface area (Å²) in [5, 5.41) is 4.23. The summed E-state index contributed by atoms with van der Waals surface area (Å²) in [6, 6.07) is 13.2. The summed E-state index contributed by atoms with van der Waals surface area (Å²) in [5.41, 5.74) is 3.75. The minimum Gasteiger partial charge on any atom is -0.423 e. The van der Waals surface area contributed by atoms with Gasteiger partial charge in [-0.15, -0.1) is 0 Å². The fourth-order valence-electron chi connectivity index (χ4n) is 3.48. The Morgan fingerprint density at radius 1 is 0.966 bits per heavy atom. The molecule has 0 fully saturated rings. The second-order valence-electron chi connectivity index (χ2n) is 7.14. The number of hydrogen-bond donors (Lipinski definition) is 1. The molecule has 2 heterocycles. The lowest BCUT2D eigenvalue weighted by Gasteiger charge is -2.10. The number of aryl methyl sites for hydroxylation is 3. The number of rotatable bonds is 3. The van der Waals surface area contributed by atoms with Crippen molar-refractivity contribution in [3.63, 3.8) is 0 Å². The number of anilines is 2. The third-order valence-electron chi connectivity index (χ3n) is 5.05. The molecule has 0 bridgehead atoms. The first kappa shape index (κ1) is 19.1. The highest BCUT2D eigenvalue weighted by atomic mass is 35.5. The molecule has 0 atom stereocenters. The maximum Gasteiger partial charge on any atom is 0.333 e. The highest BCUT2D eigenvalue weighted by Gasteiger charge is 2.23. The molecule has 148 valence electrons. The van der Waals surface area contributed by atoms with Crippen molar-refractivity contribution < 1.29 is 4.42 Å². The molecule has 7 heteroatoms. The molecule has 0 aliphatic carbocycles. The van der Waals surface area contributed by atoms with E-state index in [9.17, 15) is 9.59 Å². The minimum atomic E-state index is -0.447. The summed E-state index contributed by atoms with van der Waals surface area (Å²) in [5.74, 6) is 0.396. The number of fused-ring (bicyclic) bond motifs is 1. The molecule has 29 heavy (non-hydrogen) atoms. The zero-order valence-electron chi connectivity index (χ0n) is 16.5. The second kappa shape index (κ2) is 6.97. The SMILES string of the molecule is Cc1ccc(Nc2oc3c(c2-c2ccc(Cl)cc2)c(=O)n(C)c(=O)n3C)c(C)c1. The van der Waals surface area contributed by atoms with Gasteiger partial charge in [0, 0.05) is 24.8 Å². The zero-order chi connectivity index (χ0) is 20.9. The summed E-state index contributed by atoms with van der Waals surface area (Å²) in [4.78, 5) is 25.4. The number of nitrogens with zero attached hydrogens (tertiary/aromatic N) is 2. The molecule has 4 aromatic rings. The molecule has 0 radical (unpaired) electrons. The van der Waals surface area contributed by atoms with Crippen LogP contribution < -0.4 is 16.6 Å². The van der Waals surface area contributed by atoms with Gasteiger partial charge in [0.15, 0.2) is 0 Å². The molecule has 0 aliphatic rings. The third kappa shape index (κ3) is 3.15. The molecule has 4 rings (SSSR count). The van der Waals surface area contributed by atoms with Gasteiger partial charge in [0.25, 0.3) is 5.56 Å². The lowest BCUT2D eigenvalue weighted by Crippen LogP contribution is -2.36. The van der Waals surface area contributed by atoms with Gasteiger partial charge in [0.05, 0.1) is 5.56 Å². The molecule has 6 nitrogen and oxygen atoms in total. The fourth-order valence-corrected chi connectivity index (χ4v) is 3.60. The lowest BCUT2D eigenvalue weighted by molar-refractivity contribution is 0.577. The van der Waals surface area contributed by atoms with E-state index in [2.05, 4.69) is 11.4 Å². The third-order valence-corrected chi connectivity index (χ3v) is 5.30. The van der Waals surface area contributed by atoms with Gasteiger partial charge < -0.3 is 9.73 Å². The van der Waals surface area contributed by atoms with Crippen molar-refractivity contribution in [1.82, 2.24) is 9.13 Å². The average molecular weight is 410 g/mol. The van der Waals surface area contributed by atoms with E-state index in [0.29, 0.717) is 21.9 Å². The van der Waals surface area contributed by atoms with Crippen LogP contribution in [0.15, 0.2) is 56.5 Å². The van der Waals surface area contributed by atoms with E-state index in [-0.39, 0.29) is 5.71 Å². The molecular formula is C22H20ClN3O3. The molecule has 1 N–H and O–H groups in total. The number of nitrogens with one attached hydrogen (secondary N) is 1. The van der Waals surface area contributed by atoms with Gasteiger partial charge in [-0.05, 0) is 43.2 Å². The Kier molecular flexibility index (Phi) is 4.59. The normalized spacial score (nSPS) is 11.2. The standard InChI is InChI=1S/C22H20ClN3O3/c1-12-5-10-16(13(2)11-12)24-19-17(14-6-8-15(23)9-7-14)18-20(27)25(3)22(28)26(4)21(18)29-19/h5-11,24H,1-4H3. The van der Waals surface area contributed by atoms with Crippen LogP contribution in [-0.4, -0.2) is 9.13 Å². The number of furan rings is 1. The lowest BCUT2D eigenvalue weighted by atomic mass is 10.0. The summed E-state index contributed by atoms with van der Waals surface area (Å²) < 4.78 is 8.44. The van der Waals surface area contributed by atoms with Gasteiger partial charge in [-0.1, -0.05) is 41.4 Å². The monoisotopic (exact) mass is 409 g/mol. The molecule has 2 aromatic carbocycles. The Morgan fingerprint density at radius 3 is 2.31 bits per heavy atom. The van der Waals surface area contributed by atoms with Crippen LogP contribution >= 0.6 is 11.6 Å². The number of halogens is 1. The van der Waals surface area contributed by atoms with Crippen LogP contribution in [-0.2, 0) is 14.1 Å². The Bertz CT molecular complexity index is 1360. The van der Waals surface area contributed by atoms with Crippen LogP contribution in [0.3, 0.4) is 0 Å². The first-order valence-corrected chi connectivity index (χ1v) is 9.48. The number of hydrogen-bond acceptors (Lipinski definition) is 4. The number of benzene rings is 2. The van der Waals surface area contributed by atoms with Crippen LogP contribution in [0.25, 0.3) is 22.2 Å². The Balaban J connectivity index is 2.05. The summed E-state index contributed by atoms with van der Waals surface area (Å²) in [6.07, 6.45) is 0. The van der Waals surface area contributed by atoms with Gasteiger partial charge in [-0.25, -0.2) is 4.79 Å². The zero-order valence-corrected chi connectivity index (χ0v) is 17.3. The van der Waals surface area contributed by atoms with E-state index >= 15 is 0 Å². The van der Waals surface area contributed by atoms with Crippen molar-refractivity contribution in [2.24, 2.45) is 14.1 Å². The maximum atomic E-state index is 13.0.